The van der Waals surface area contributed by atoms with Crippen LogP contribution in [0.2, 0.25) is 0 Å². The van der Waals surface area contributed by atoms with E-state index in [9.17, 15) is 19.2 Å². The largest absolute Gasteiger partial charge is 0.457 e. The minimum atomic E-state index is -0.801. The van der Waals surface area contributed by atoms with Gasteiger partial charge in [-0.1, -0.05) is 25.1 Å². The van der Waals surface area contributed by atoms with Crippen LogP contribution < -0.4 is 17.0 Å². The molecule has 28 heavy (non-hydrogen) atoms. The SMILES string of the molecule is CCCn1c(N)c(C(=O)COC(=O)CSc2ccccc2C)c(=O)n(C)c1=O. The second kappa shape index (κ2) is 9.41. The van der Waals surface area contributed by atoms with E-state index in [4.69, 9.17) is 10.5 Å². The van der Waals surface area contributed by atoms with Crippen LogP contribution >= 0.6 is 11.8 Å². The van der Waals surface area contributed by atoms with Gasteiger partial charge in [-0.3, -0.25) is 23.5 Å². The van der Waals surface area contributed by atoms with E-state index >= 15 is 0 Å². The number of carbonyl (C=O) groups excluding carboxylic acids is 2. The van der Waals surface area contributed by atoms with Gasteiger partial charge in [-0.05, 0) is 25.0 Å². The molecule has 2 aromatic rings. The normalized spacial score (nSPS) is 10.7. The highest BCUT2D eigenvalue weighted by Crippen LogP contribution is 2.21. The number of hydrogen-bond acceptors (Lipinski definition) is 7. The van der Waals surface area contributed by atoms with E-state index in [0.717, 1.165) is 15.0 Å². The Labute approximate surface area is 166 Å². The van der Waals surface area contributed by atoms with E-state index in [1.165, 1.54) is 23.4 Å². The molecule has 8 nitrogen and oxygen atoms in total. The molecule has 0 amide bonds. The average Bonchev–Trinajstić information content (AvgIpc) is 2.67. The fourth-order valence-electron chi connectivity index (χ4n) is 2.60. The van der Waals surface area contributed by atoms with Gasteiger partial charge in [-0.15, -0.1) is 11.8 Å². The predicted molar refractivity (Wildman–Crippen MR) is 108 cm³/mol. The van der Waals surface area contributed by atoms with Crippen LogP contribution in [0.25, 0.3) is 0 Å². The van der Waals surface area contributed by atoms with Gasteiger partial charge in [-0.25, -0.2) is 4.79 Å². The van der Waals surface area contributed by atoms with Gasteiger partial charge >= 0.3 is 11.7 Å². The van der Waals surface area contributed by atoms with Crippen molar-refractivity contribution in [3.05, 3.63) is 56.2 Å². The van der Waals surface area contributed by atoms with E-state index < -0.39 is 29.6 Å². The lowest BCUT2D eigenvalue weighted by Gasteiger charge is -2.13. The van der Waals surface area contributed by atoms with Gasteiger partial charge in [0.1, 0.15) is 11.4 Å². The van der Waals surface area contributed by atoms with Crippen molar-refractivity contribution < 1.29 is 14.3 Å². The number of rotatable bonds is 8. The van der Waals surface area contributed by atoms with Gasteiger partial charge in [0.15, 0.2) is 6.61 Å². The first-order valence-electron chi connectivity index (χ1n) is 8.74. The van der Waals surface area contributed by atoms with Crippen molar-refractivity contribution in [1.82, 2.24) is 9.13 Å². The maximum absolute atomic E-state index is 12.4. The number of benzene rings is 1. The molecule has 0 radical (unpaired) electrons. The van der Waals surface area contributed by atoms with E-state index in [2.05, 4.69) is 0 Å². The molecule has 0 saturated carbocycles. The third-order valence-corrected chi connectivity index (χ3v) is 5.26. The van der Waals surface area contributed by atoms with Crippen molar-refractivity contribution in [3.63, 3.8) is 0 Å². The highest BCUT2D eigenvalue weighted by molar-refractivity contribution is 8.00. The maximum Gasteiger partial charge on any atom is 0.332 e. The summed E-state index contributed by atoms with van der Waals surface area (Å²) < 4.78 is 7.00. The summed E-state index contributed by atoms with van der Waals surface area (Å²) in [6.45, 7) is 3.43. The van der Waals surface area contributed by atoms with Crippen molar-refractivity contribution in [2.24, 2.45) is 7.05 Å². The lowest BCUT2D eigenvalue weighted by atomic mass is 10.2. The number of Topliss-reactive ketones (excluding diaryl/α,β-unsaturated/α-hetero) is 1. The van der Waals surface area contributed by atoms with E-state index in [1.807, 2.05) is 38.1 Å². The van der Waals surface area contributed by atoms with Gasteiger partial charge in [0, 0.05) is 18.5 Å². The van der Waals surface area contributed by atoms with E-state index in [1.54, 1.807) is 0 Å². The Hall–Kier alpha value is -2.81. The van der Waals surface area contributed by atoms with Crippen LogP contribution in [0.4, 0.5) is 5.82 Å². The van der Waals surface area contributed by atoms with Crippen molar-refractivity contribution in [3.8, 4) is 0 Å². The van der Waals surface area contributed by atoms with Gasteiger partial charge in [-0.2, -0.15) is 0 Å². The number of thioether (sulfide) groups is 1. The number of hydrogen-bond donors (Lipinski definition) is 1. The summed E-state index contributed by atoms with van der Waals surface area (Å²) in [4.78, 5) is 49.8. The second-order valence-electron chi connectivity index (χ2n) is 6.20. The van der Waals surface area contributed by atoms with Crippen LogP contribution in [0.5, 0.6) is 0 Å². The summed E-state index contributed by atoms with van der Waals surface area (Å²) in [5, 5.41) is 0. The predicted octanol–water partition coefficient (Wildman–Crippen LogP) is 1.37. The number of anilines is 1. The topological polar surface area (TPSA) is 113 Å². The second-order valence-corrected chi connectivity index (χ2v) is 7.21. The third kappa shape index (κ3) is 4.72. The molecule has 2 rings (SSSR count). The Morgan fingerprint density at radius 1 is 1.21 bits per heavy atom. The average molecular weight is 405 g/mol. The summed E-state index contributed by atoms with van der Waals surface area (Å²) in [5.41, 5.74) is 5.19. The molecule has 0 aliphatic carbocycles. The fourth-order valence-corrected chi connectivity index (χ4v) is 3.43. The van der Waals surface area contributed by atoms with Crippen molar-refractivity contribution in [2.45, 2.75) is 31.7 Å². The molecule has 0 aliphatic rings. The summed E-state index contributed by atoms with van der Waals surface area (Å²) in [5.74, 6) is -1.50. The maximum atomic E-state index is 12.4. The highest BCUT2D eigenvalue weighted by atomic mass is 32.2. The Kier molecular flexibility index (Phi) is 7.22. The molecule has 1 aromatic carbocycles. The molecular formula is C19H23N3O5S. The molecule has 0 atom stereocenters. The zero-order valence-corrected chi connectivity index (χ0v) is 16.9. The van der Waals surface area contributed by atoms with Crippen LogP contribution in [-0.2, 0) is 23.1 Å². The Morgan fingerprint density at radius 2 is 1.89 bits per heavy atom. The smallest absolute Gasteiger partial charge is 0.332 e. The van der Waals surface area contributed by atoms with Gasteiger partial charge < -0.3 is 10.5 Å². The zero-order valence-electron chi connectivity index (χ0n) is 16.1. The summed E-state index contributed by atoms with van der Waals surface area (Å²) in [6, 6.07) is 7.59. The van der Waals surface area contributed by atoms with Crippen molar-refractivity contribution in [2.75, 3.05) is 18.1 Å². The van der Waals surface area contributed by atoms with E-state index in [-0.39, 0.29) is 23.7 Å². The molecule has 9 heteroatoms. The zero-order chi connectivity index (χ0) is 20.8. The number of nitrogen functional groups attached to an aromatic ring is 1. The van der Waals surface area contributed by atoms with Crippen LogP contribution in [-0.4, -0.2) is 33.2 Å². The molecule has 1 heterocycles. The van der Waals surface area contributed by atoms with Crippen molar-refractivity contribution >= 4 is 29.3 Å². The molecule has 0 fully saturated rings. The lowest BCUT2D eigenvalue weighted by molar-refractivity contribution is -0.139. The number of esters is 1. The molecular weight excluding hydrogens is 382 g/mol. The molecule has 0 saturated heterocycles. The van der Waals surface area contributed by atoms with Gasteiger partial charge in [0.05, 0.1) is 5.75 Å². The number of ketones is 1. The number of nitrogens with zero attached hydrogens (tertiary/aromatic N) is 2. The van der Waals surface area contributed by atoms with Gasteiger partial charge in [0.2, 0.25) is 5.78 Å². The standard InChI is InChI=1S/C19H23N3O5S/c1-4-9-22-17(20)16(18(25)21(3)19(22)26)13(23)10-27-15(24)11-28-14-8-6-5-7-12(14)2/h5-8H,4,9-11,20H2,1-3H3. The molecule has 0 aliphatic heterocycles. The molecule has 0 spiro atoms. The van der Waals surface area contributed by atoms with Gasteiger partial charge in [0.25, 0.3) is 5.56 Å². The summed E-state index contributed by atoms with van der Waals surface area (Å²) in [6.07, 6.45) is 0.598. The first-order chi connectivity index (χ1) is 13.3. The monoisotopic (exact) mass is 405 g/mol. The molecule has 1 aromatic heterocycles. The minimum Gasteiger partial charge on any atom is -0.457 e. The van der Waals surface area contributed by atoms with Crippen molar-refractivity contribution in [1.29, 1.82) is 0 Å². The minimum absolute atomic E-state index is 0.0287. The first-order valence-corrected chi connectivity index (χ1v) is 9.73. The van der Waals surface area contributed by atoms with E-state index in [0.29, 0.717) is 6.42 Å². The quantitative estimate of drug-likeness (QED) is 0.401. The number of aryl methyl sites for hydroxylation is 1. The number of carbonyl (C=O) groups is 2. The molecule has 0 bridgehead atoms. The Bertz CT molecular complexity index is 1010. The summed E-state index contributed by atoms with van der Waals surface area (Å²) >= 11 is 1.30. The van der Waals surface area contributed by atoms with Crippen LogP contribution in [0, 0.1) is 6.92 Å². The Morgan fingerprint density at radius 3 is 2.54 bits per heavy atom. The number of nitrogens with two attached hydrogens (primary N) is 1. The number of aromatic nitrogens is 2. The number of ether oxygens (including phenoxy) is 1. The summed E-state index contributed by atoms with van der Waals surface area (Å²) in [7, 11) is 1.28. The lowest BCUT2D eigenvalue weighted by Crippen LogP contribution is -2.43. The van der Waals surface area contributed by atoms with Crippen LogP contribution in [0.1, 0.15) is 29.3 Å². The van der Waals surface area contributed by atoms with Crippen LogP contribution in [0.3, 0.4) is 0 Å². The highest BCUT2D eigenvalue weighted by Gasteiger charge is 2.22. The molecule has 150 valence electrons. The first kappa shape index (κ1) is 21.5. The third-order valence-electron chi connectivity index (χ3n) is 4.11. The van der Waals surface area contributed by atoms with Crippen LogP contribution in [0.15, 0.2) is 38.8 Å². The fraction of sp³-hybridized carbons (Fsp3) is 0.368. The molecule has 2 N–H and O–H groups in total. The molecule has 0 unspecified atom stereocenters. The Balaban J connectivity index is 2.09.